The van der Waals surface area contributed by atoms with Gasteiger partial charge < -0.3 is 9.72 Å². The summed E-state index contributed by atoms with van der Waals surface area (Å²) in [5.41, 5.74) is 1.36. The van der Waals surface area contributed by atoms with Crippen LogP contribution in [0.5, 0.6) is 0 Å². The molecule has 0 saturated heterocycles. The highest BCUT2D eigenvalue weighted by Gasteiger charge is 2.12. The summed E-state index contributed by atoms with van der Waals surface area (Å²) in [6, 6.07) is 3.64. The summed E-state index contributed by atoms with van der Waals surface area (Å²) in [4.78, 5) is 8.63. The van der Waals surface area contributed by atoms with Crippen LogP contribution in [-0.2, 0) is 0 Å². The van der Waals surface area contributed by atoms with Gasteiger partial charge in [-0.15, -0.1) is 0 Å². The molecule has 0 fully saturated rings. The minimum atomic E-state index is 0.424. The SMILES string of the molecule is Clc1c(Br)ccc(Nc2nc(Br)cn3ccnc23)c1Cl. The van der Waals surface area contributed by atoms with Crippen molar-refractivity contribution in [1.29, 1.82) is 0 Å². The second-order valence-corrected chi connectivity index (χ2v) is 6.34. The van der Waals surface area contributed by atoms with Gasteiger partial charge in [0.15, 0.2) is 11.5 Å². The van der Waals surface area contributed by atoms with Crippen LogP contribution >= 0.6 is 55.1 Å². The van der Waals surface area contributed by atoms with Crippen LogP contribution in [0.3, 0.4) is 0 Å². The minimum absolute atomic E-state index is 0.424. The standard InChI is InChI=1S/C12H6Br2Cl2N4/c13-6-1-2-7(10(16)9(6)15)18-11-12-17-3-4-20(12)5-8(14)19-11/h1-5H,(H,18,19). The van der Waals surface area contributed by atoms with Crippen molar-refractivity contribution in [2.75, 3.05) is 5.32 Å². The Hall–Kier alpha value is -0.820. The Bertz CT molecular complexity index is 803. The zero-order valence-electron chi connectivity index (χ0n) is 9.74. The van der Waals surface area contributed by atoms with E-state index in [1.807, 2.05) is 28.9 Å². The number of hydrogen-bond donors (Lipinski definition) is 1. The summed E-state index contributed by atoms with van der Waals surface area (Å²) in [6.45, 7) is 0. The molecule has 3 aromatic rings. The van der Waals surface area contributed by atoms with Crippen LogP contribution in [0.15, 0.2) is 39.8 Å². The number of nitrogens with zero attached hydrogens (tertiary/aromatic N) is 3. The van der Waals surface area contributed by atoms with E-state index in [9.17, 15) is 0 Å². The molecule has 8 heteroatoms. The predicted molar refractivity (Wildman–Crippen MR) is 88.1 cm³/mol. The third-order valence-corrected chi connectivity index (χ3v) is 4.79. The van der Waals surface area contributed by atoms with Gasteiger partial charge in [-0.3, -0.25) is 0 Å². The first kappa shape index (κ1) is 14.1. The molecule has 102 valence electrons. The highest BCUT2D eigenvalue weighted by molar-refractivity contribution is 9.10. The quantitative estimate of drug-likeness (QED) is 0.554. The number of anilines is 2. The average Bonchev–Trinajstić information content (AvgIpc) is 2.87. The molecule has 1 N–H and O–H groups in total. The molecule has 0 saturated carbocycles. The Balaban J connectivity index is 2.10. The Morgan fingerprint density at radius 1 is 1.15 bits per heavy atom. The summed E-state index contributed by atoms with van der Waals surface area (Å²) in [6.07, 6.45) is 5.36. The first-order chi connectivity index (χ1) is 9.56. The van der Waals surface area contributed by atoms with E-state index in [1.54, 1.807) is 6.20 Å². The molecule has 0 amide bonds. The van der Waals surface area contributed by atoms with E-state index in [0.717, 1.165) is 4.47 Å². The van der Waals surface area contributed by atoms with Gasteiger partial charge in [0.25, 0.3) is 0 Å². The molecule has 4 nitrogen and oxygen atoms in total. The van der Waals surface area contributed by atoms with Gasteiger partial charge in [-0.2, -0.15) is 0 Å². The molecule has 0 aliphatic rings. The summed E-state index contributed by atoms with van der Waals surface area (Å²) >= 11 is 19.0. The molecular formula is C12H6Br2Cl2N4. The number of imidazole rings is 1. The van der Waals surface area contributed by atoms with Gasteiger partial charge in [-0.05, 0) is 44.0 Å². The normalized spacial score (nSPS) is 11.0. The van der Waals surface area contributed by atoms with Gasteiger partial charge in [0, 0.05) is 23.1 Å². The van der Waals surface area contributed by atoms with E-state index in [1.165, 1.54) is 0 Å². The molecule has 0 unspecified atom stereocenters. The van der Waals surface area contributed by atoms with Gasteiger partial charge in [0.2, 0.25) is 0 Å². The van der Waals surface area contributed by atoms with Crippen molar-refractivity contribution in [3.63, 3.8) is 0 Å². The van der Waals surface area contributed by atoms with Crippen molar-refractivity contribution in [3.05, 3.63) is 49.8 Å². The maximum atomic E-state index is 6.22. The molecule has 0 atom stereocenters. The van der Waals surface area contributed by atoms with E-state index >= 15 is 0 Å². The molecule has 0 radical (unpaired) electrons. The van der Waals surface area contributed by atoms with Crippen LogP contribution in [0.4, 0.5) is 11.5 Å². The third-order valence-electron chi connectivity index (χ3n) is 2.63. The molecule has 20 heavy (non-hydrogen) atoms. The smallest absolute Gasteiger partial charge is 0.180 e. The van der Waals surface area contributed by atoms with Gasteiger partial charge >= 0.3 is 0 Å². The van der Waals surface area contributed by atoms with Crippen LogP contribution in [-0.4, -0.2) is 14.4 Å². The van der Waals surface area contributed by atoms with Gasteiger partial charge in [-0.25, -0.2) is 9.97 Å². The number of fused-ring (bicyclic) bond motifs is 1. The zero-order valence-corrected chi connectivity index (χ0v) is 14.4. The van der Waals surface area contributed by atoms with Gasteiger partial charge in [-0.1, -0.05) is 23.2 Å². The second kappa shape index (κ2) is 5.52. The molecule has 1 aromatic carbocycles. The number of nitrogens with one attached hydrogen (secondary N) is 1. The minimum Gasteiger partial charge on any atom is -0.336 e. The van der Waals surface area contributed by atoms with Crippen LogP contribution in [0, 0.1) is 0 Å². The summed E-state index contributed by atoms with van der Waals surface area (Å²) in [7, 11) is 0. The average molecular weight is 437 g/mol. The molecule has 0 aliphatic carbocycles. The number of hydrogen-bond acceptors (Lipinski definition) is 3. The lowest BCUT2D eigenvalue weighted by Crippen LogP contribution is -1.99. The van der Waals surface area contributed by atoms with Gasteiger partial charge in [0.05, 0.1) is 15.7 Å². The Morgan fingerprint density at radius 3 is 2.75 bits per heavy atom. The fraction of sp³-hybridized carbons (Fsp3) is 0. The van der Waals surface area contributed by atoms with E-state index in [2.05, 4.69) is 47.1 Å². The maximum absolute atomic E-state index is 6.22. The number of benzene rings is 1. The molecule has 2 heterocycles. The fourth-order valence-corrected chi connectivity index (χ4v) is 2.95. The van der Waals surface area contributed by atoms with E-state index in [0.29, 0.717) is 31.8 Å². The maximum Gasteiger partial charge on any atom is 0.180 e. The predicted octanol–water partition coefficient (Wildman–Crippen LogP) is 5.30. The van der Waals surface area contributed by atoms with E-state index < -0.39 is 0 Å². The van der Waals surface area contributed by atoms with Crippen molar-refractivity contribution < 1.29 is 0 Å². The topological polar surface area (TPSA) is 42.2 Å². The molecule has 0 aliphatic heterocycles. The lowest BCUT2D eigenvalue weighted by molar-refractivity contribution is 1.10. The van der Waals surface area contributed by atoms with Crippen molar-refractivity contribution >= 4 is 72.2 Å². The van der Waals surface area contributed by atoms with Crippen LogP contribution in [0.1, 0.15) is 0 Å². The van der Waals surface area contributed by atoms with E-state index in [4.69, 9.17) is 23.2 Å². The van der Waals surface area contributed by atoms with Crippen molar-refractivity contribution in [2.24, 2.45) is 0 Å². The molecular weight excluding hydrogens is 431 g/mol. The first-order valence-corrected chi connectivity index (χ1v) is 7.80. The number of rotatable bonds is 2. The first-order valence-electron chi connectivity index (χ1n) is 5.46. The second-order valence-electron chi connectivity index (χ2n) is 3.92. The van der Waals surface area contributed by atoms with Crippen molar-refractivity contribution in [3.8, 4) is 0 Å². The highest BCUT2D eigenvalue weighted by Crippen LogP contribution is 2.37. The highest BCUT2D eigenvalue weighted by atomic mass is 79.9. The van der Waals surface area contributed by atoms with Crippen molar-refractivity contribution in [1.82, 2.24) is 14.4 Å². The lowest BCUT2D eigenvalue weighted by atomic mass is 10.3. The fourth-order valence-electron chi connectivity index (χ4n) is 1.73. The summed E-state index contributed by atoms with van der Waals surface area (Å²) < 4.78 is 3.28. The van der Waals surface area contributed by atoms with Gasteiger partial charge in [0.1, 0.15) is 4.60 Å². The number of halogens is 4. The molecule has 3 rings (SSSR count). The van der Waals surface area contributed by atoms with Crippen molar-refractivity contribution in [2.45, 2.75) is 0 Å². The third kappa shape index (κ3) is 2.53. The molecule has 0 bridgehead atoms. The lowest BCUT2D eigenvalue weighted by Gasteiger charge is -2.11. The van der Waals surface area contributed by atoms with E-state index in [-0.39, 0.29) is 0 Å². The Kier molecular flexibility index (Phi) is 3.90. The monoisotopic (exact) mass is 434 g/mol. The van der Waals surface area contributed by atoms with Crippen LogP contribution in [0.25, 0.3) is 5.65 Å². The molecule has 2 aromatic heterocycles. The summed E-state index contributed by atoms with van der Waals surface area (Å²) in [5.74, 6) is 0.588. The Morgan fingerprint density at radius 2 is 1.95 bits per heavy atom. The number of aromatic nitrogens is 3. The largest absolute Gasteiger partial charge is 0.336 e. The van der Waals surface area contributed by atoms with Crippen LogP contribution in [0.2, 0.25) is 10.0 Å². The summed E-state index contributed by atoms with van der Waals surface area (Å²) in [5, 5.41) is 4.02. The Labute approximate surface area is 141 Å². The zero-order chi connectivity index (χ0) is 14.3. The molecule has 0 spiro atoms. The van der Waals surface area contributed by atoms with Crippen LogP contribution < -0.4 is 5.32 Å².